The third-order valence-corrected chi connectivity index (χ3v) is 5.85. The summed E-state index contributed by atoms with van der Waals surface area (Å²) in [5.74, 6) is -1.23. The number of nitrogens with one attached hydrogen (secondary N) is 1. The molecule has 1 aromatic heterocycles. The van der Waals surface area contributed by atoms with E-state index in [-0.39, 0.29) is 16.6 Å². The lowest BCUT2D eigenvalue weighted by atomic mass is 10.1. The summed E-state index contributed by atoms with van der Waals surface area (Å²) in [5, 5.41) is 12.9. The van der Waals surface area contributed by atoms with Crippen LogP contribution in [0.25, 0.3) is 16.5 Å². The number of anilines is 1. The van der Waals surface area contributed by atoms with E-state index >= 15 is 0 Å². The third kappa shape index (κ3) is 3.93. The van der Waals surface area contributed by atoms with Crippen molar-refractivity contribution in [3.63, 3.8) is 0 Å². The first-order chi connectivity index (χ1) is 13.9. The highest BCUT2D eigenvalue weighted by molar-refractivity contribution is 7.80. The highest BCUT2D eigenvalue weighted by Crippen LogP contribution is 2.31. The van der Waals surface area contributed by atoms with Gasteiger partial charge in [0, 0.05) is 14.8 Å². The lowest BCUT2D eigenvalue weighted by molar-refractivity contribution is -0.113. The summed E-state index contributed by atoms with van der Waals surface area (Å²) < 4.78 is 0. The maximum Gasteiger partial charge on any atom is 0.335 e. The maximum atomic E-state index is 12.8. The van der Waals surface area contributed by atoms with Gasteiger partial charge < -0.3 is 10.4 Å². The number of thiocarbonyl (C=S) groups is 1. The van der Waals surface area contributed by atoms with E-state index in [1.54, 1.807) is 48.5 Å². The van der Waals surface area contributed by atoms with Crippen LogP contribution in [-0.2, 0) is 4.79 Å². The zero-order chi connectivity index (χ0) is 20.5. The molecule has 3 aromatic rings. The molecule has 1 amide bonds. The van der Waals surface area contributed by atoms with Gasteiger partial charge in [-0.15, -0.1) is 11.3 Å². The second kappa shape index (κ2) is 7.79. The van der Waals surface area contributed by atoms with Crippen LogP contribution in [0.5, 0.6) is 0 Å². The smallest absolute Gasteiger partial charge is 0.335 e. The molecule has 0 atom stereocenters. The van der Waals surface area contributed by atoms with Crippen LogP contribution >= 0.6 is 35.2 Å². The number of halogens is 1. The van der Waals surface area contributed by atoms with E-state index in [4.69, 9.17) is 28.9 Å². The van der Waals surface area contributed by atoms with Crippen molar-refractivity contribution in [2.75, 3.05) is 4.90 Å². The first-order valence-corrected chi connectivity index (χ1v) is 10.1. The average Bonchev–Trinajstić information content (AvgIpc) is 3.26. The van der Waals surface area contributed by atoms with Crippen LogP contribution in [0.4, 0.5) is 5.69 Å². The summed E-state index contributed by atoms with van der Waals surface area (Å²) in [6.45, 7) is 0. The molecule has 0 unspecified atom stereocenters. The molecule has 1 fully saturated rings. The normalized spacial score (nSPS) is 15.1. The number of thiophene rings is 1. The maximum absolute atomic E-state index is 12.8. The highest BCUT2D eigenvalue weighted by Gasteiger charge is 2.32. The number of carbonyl (C=O) groups is 2. The van der Waals surface area contributed by atoms with Gasteiger partial charge in [-0.3, -0.25) is 9.69 Å². The molecule has 2 aromatic carbocycles. The summed E-state index contributed by atoms with van der Waals surface area (Å²) in [4.78, 5) is 27.2. The van der Waals surface area contributed by atoms with Crippen molar-refractivity contribution in [1.29, 1.82) is 0 Å². The largest absolute Gasteiger partial charge is 0.478 e. The molecule has 29 heavy (non-hydrogen) atoms. The van der Waals surface area contributed by atoms with Gasteiger partial charge in [0.15, 0.2) is 5.11 Å². The molecule has 0 saturated carbocycles. The van der Waals surface area contributed by atoms with Crippen LogP contribution in [0, 0.1) is 0 Å². The fourth-order valence-electron chi connectivity index (χ4n) is 2.92. The molecule has 1 saturated heterocycles. The van der Waals surface area contributed by atoms with E-state index < -0.39 is 5.97 Å². The Kier molecular flexibility index (Phi) is 5.19. The van der Waals surface area contributed by atoms with E-state index in [1.807, 2.05) is 18.2 Å². The first kappa shape index (κ1) is 19.3. The van der Waals surface area contributed by atoms with Crippen molar-refractivity contribution >= 4 is 63.9 Å². The molecule has 2 heterocycles. The van der Waals surface area contributed by atoms with E-state index in [0.717, 1.165) is 15.3 Å². The zero-order valence-corrected chi connectivity index (χ0v) is 17.1. The van der Waals surface area contributed by atoms with Gasteiger partial charge in [-0.1, -0.05) is 29.8 Å². The van der Waals surface area contributed by atoms with E-state index in [1.165, 1.54) is 16.2 Å². The number of nitrogens with zero attached hydrogens (tertiary/aromatic N) is 1. The highest BCUT2D eigenvalue weighted by atomic mass is 35.5. The van der Waals surface area contributed by atoms with Crippen molar-refractivity contribution < 1.29 is 14.7 Å². The van der Waals surface area contributed by atoms with Crippen LogP contribution in [0.2, 0.25) is 5.02 Å². The molecular weight excluding hydrogens is 428 g/mol. The van der Waals surface area contributed by atoms with Crippen LogP contribution in [0.15, 0.2) is 66.4 Å². The van der Waals surface area contributed by atoms with Crippen molar-refractivity contribution in [3.8, 4) is 10.4 Å². The average molecular weight is 441 g/mol. The minimum absolute atomic E-state index is 0.228. The number of amides is 1. The molecule has 2 N–H and O–H groups in total. The lowest BCUT2D eigenvalue weighted by Gasteiger charge is -2.13. The minimum atomic E-state index is -0.971. The van der Waals surface area contributed by atoms with Gasteiger partial charge in [0.05, 0.1) is 11.3 Å². The van der Waals surface area contributed by atoms with Crippen LogP contribution < -0.4 is 10.2 Å². The predicted octanol–water partition coefficient (Wildman–Crippen LogP) is 5.03. The number of hydrogen-bond acceptors (Lipinski definition) is 4. The Hall–Kier alpha value is -3.00. The molecule has 0 bridgehead atoms. The second-order valence-corrected chi connectivity index (χ2v) is 8.14. The van der Waals surface area contributed by atoms with Crippen LogP contribution in [0.1, 0.15) is 15.2 Å². The molecule has 0 aliphatic carbocycles. The number of aromatic carboxylic acids is 1. The molecule has 5 nitrogen and oxygen atoms in total. The van der Waals surface area contributed by atoms with Gasteiger partial charge in [0.1, 0.15) is 5.70 Å². The monoisotopic (exact) mass is 440 g/mol. The predicted molar refractivity (Wildman–Crippen MR) is 119 cm³/mol. The summed E-state index contributed by atoms with van der Waals surface area (Å²) >= 11 is 12.8. The number of rotatable bonds is 4. The lowest BCUT2D eigenvalue weighted by Crippen LogP contribution is -2.30. The molecule has 1 aliphatic heterocycles. The SMILES string of the molecule is O=C(O)c1cccc(-c2ccc(/C=C3\NC(=S)N(c4cccc(Cl)c4)C3=O)s2)c1. The van der Waals surface area contributed by atoms with Crippen molar-refractivity contribution in [1.82, 2.24) is 5.32 Å². The molecule has 8 heteroatoms. The quantitative estimate of drug-likeness (QED) is 0.440. The topological polar surface area (TPSA) is 69.6 Å². The van der Waals surface area contributed by atoms with Crippen LogP contribution in [0.3, 0.4) is 0 Å². The van der Waals surface area contributed by atoms with Crippen molar-refractivity contribution in [3.05, 3.63) is 81.8 Å². The van der Waals surface area contributed by atoms with E-state index in [9.17, 15) is 9.59 Å². The molecule has 144 valence electrons. The Morgan fingerprint density at radius 2 is 1.93 bits per heavy atom. The first-order valence-electron chi connectivity index (χ1n) is 8.48. The van der Waals surface area contributed by atoms with E-state index in [0.29, 0.717) is 16.4 Å². The Morgan fingerprint density at radius 1 is 1.14 bits per heavy atom. The number of carboxylic acid groups (broad SMARTS) is 1. The fraction of sp³-hybridized carbons (Fsp3) is 0. The Morgan fingerprint density at radius 3 is 2.69 bits per heavy atom. The molecule has 0 radical (unpaired) electrons. The summed E-state index contributed by atoms with van der Waals surface area (Å²) in [5.41, 5.74) is 2.00. The molecular formula is C21H13ClN2O3S2. The number of hydrogen-bond donors (Lipinski definition) is 2. The molecule has 0 spiro atoms. The van der Waals surface area contributed by atoms with Gasteiger partial charge in [0.2, 0.25) is 0 Å². The zero-order valence-electron chi connectivity index (χ0n) is 14.8. The summed E-state index contributed by atoms with van der Waals surface area (Å²) in [6, 6.07) is 17.4. The molecule has 1 aliphatic rings. The van der Waals surface area contributed by atoms with Crippen molar-refractivity contribution in [2.24, 2.45) is 0 Å². The number of benzene rings is 2. The Labute approximate surface area is 180 Å². The molecule has 4 rings (SSSR count). The van der Waals surface area contributed by atoms with E-state index in [2.05, 4.69) is 5.32 Å². The standard InChI is InChI=1S/C21H13ClN2O3S2/c22-14-5-2-6-15(10-14)24-19(25)17(23-21(24)28)11-16-7-8-18(29-16)12-3-1-4-13(9-12)20(26)27/h1-11H,(H,23,28)(H,26,27)/b17-11-. The number of carboxylic acids is 1. The van der Waals surface area contributed by atoms with Gasteiger partial charge in [-0.05, 0) is 66.3 Å². The Bertz CT molecular complexity index is 1190. The van der Waals surface area contributed by atoms with Gasteiger partial charge in [0.25, 0.3) is 5.91 Å². The van der Waals surface area contributed by atoms with Gasteiger partial charge in [-0.2, -0.15) is 0 Å². The second-order valence-electron chi connectivity index (χ2n) is 6.20. The van der Waals surface area contributed by atoms with Gasteiger partial charge in [-0.25, -0.2) is 4.79 Å². The van der Waals surface area contributed by atoms with Crippen molar-refractivity contribution in [2.45, 2.75) is 0 Å². The summed E-state index contributed by atoms with van der Waals surface area (Å²) in [7, 11) is 0. The summed E-state index contributed by atoms with van der Waals surface area (Å²) in [6.07, 6.45) is 1.73. The minimum Gasteiger partial charge on any atom is -0.478 e. The Balaban J connectivity index is 1.61. The third-order valence-electron chi connectivity index (χ3n) is 4.25. The van der Waals surface area contributed by atoms with Gasteiger partial charge >= 0.3 is 5.97 Å². The van der Waals surface area contributed by atoms with Crippen LogP contribution in [-0.4, -0.2) is 22.1 Å². The fourth-order valence-corrected chi connectivity index (χ4v) is 4.35. The number of carbonyl (C=O) groups excluding carboxylic acids is 1.